The van der Waals surface area contributed by atoms with Gasteiger partial charge in [0.2, 0.25) is 0 Å². The molecule has 132 valence electrons. The van der Waals surface area contributed by atoms with E-state index >= 15 is 0 Å². The molecule has 0 amide bonds. The number of benzene rings is 1. The number of Topliss-reactive ketones (excluding diaryl/α,β-unsaturated/α-hetero) is 2. The Morgan fingerprint density at radius 2 is 1.79 bits per heavy atom. The molecular weight excluding hydrogens is 312 g/mol. The number of carbonyl (C=O) groups excluding carboxylic acids is 2. The van der Waals surface area contributed by atoms with E-state index in [-0.39, 0.29) is 43.5 Å². The molecule has 0 aliphatic heterocycles. The SMILES string of the molecule is COC(C(=O)COCCC(CC(C)=O)CC(=O)O)c1ccccc1. The summed E-state index contributed by atoms with van der Waals surface area (Å²) >= 11 is 0. The summed E-state index contributed by atoms with van der Waals surface area (Å²) in [5.41, 5.74) is 0.758. The first-order valence-electron chi connectivity index (χ1n) is 7.83. The summed E-state index contributed by atoms with van der Waals surface area (Å²) in [6, 6.07) is 9.12. The Balaban J connectivity index is 2.43. The van der Waals surface area contributed by atoms with E-state index in [1.54, 1.807) is 0 Å². The Hall–Kier alpha value is -2.05. The summed E-state index contributed by atoms with van der Waals surface area (Å²) in [6.07, 6.45) is -0.142. The van der Waals surface area contributed by atoms with Crippen LogP contribution in [0.3, 0.4) is 0 Å². The first kappa shape index (κ1) is 20.0. The van der Waals surface area contributed by atoms with Gasteiger partial charge in [-0.1, -0.05) is 30.3 Å². The molecule has 0 aliphatic carbocycles. The van der Waals surface area contributed by atoms with E-state index in [2.05, 4.69) is 0 Å². The van der Waals surface area contributed by atoms with Crippen LogP contribution in [0.4, 0.5) is 0 Å². The first-order valence-corrected chi connectivity index (χ1v) is 7.83. The Morgan fingerprint density at radius 1 is 1.12 bits per heavy atom. The first-order chi connectivity index (χ1) is 11.4. The lowest BCUT2D eigenvalue weighted by Gasteiger charge is -2.16. The summed E-state index contributed by atoms with van der Waals surface area (Å²) in [4.78, 5) is 34.1. The summed E-state index contributed by atoms with van der Waals surface area (Å²) < 4.78 is 10.6. The number of ether oxygens (including phenoxy) is 2. The highest BCUT2D eigenvalue weighted by Gasteiger charge is 2.20. The zero-order valence-electron chi connectivity index (χ0n) is 14.1. The number of rotatable bonds is 12. The summed E-state index contributed by atoms with van der Waals surface area (Å²) in [5, 5.41) is 8.85. The molecule has 0 fully saturated rings. The third-order valence-corrected chi connectivity index (χ3v) is 3.58. The number of hydrogen-bond acceptors (Lipinski definition) is 5. The van der Waals surface area contributed by atoms with Gasteiger partial charge in [-0.2, -0.15) is 0 Å². The zero-order chi connectivity index (χ0) is 17.9. The minimum absolute atomic E-state index is 0.0548. The molecule has 0 saturated carbocycles. The van der Waals surface area contributed by atoms with Crippen LogP contribution in [0.5, 0.6) is 0 Å². The minimum atomic E-state index is -0.944. The standard InChI is InChI=1S/C18H24O6/c1-13(19)10-14(11-17(21)22)8-9-24-12-16(20)18(23-2)15-6-4-3-5-7-15/h3-7,14,18H,8-12H2,1-2H3,(H,21,22). The van der Waals surface area contributed by atoms with Gasteiger partial charge in [0.25, 0.3) is 0 Å². The van der Waals surface area contributed by atoms with Crippen molar-refractivity contribution in [3.05, 3.63) is 35.9 Å². The van der Waals surface area contributed by atoms with Crippen molar-refractivity contribution in [2.45, 2.75) is 32.3 Å². The van der Waals surface area contributed by atoms with E-state index in [1.807, 2.05) is 30.3 Å². The fourth-order valence-corrected chi connectivity index (χ4v) is 2.51. The van der Waals surface area contributed by atoms with Crippen LogP contribution in [0.2, 0.25) is 0 Å². The molecule has 1 rings (SSSR count). The fraction of sp³-hybridized carbons (Fsp3) is 0.500. The predicted octanol–water partition coefficient (Wildman–Crippen LogP) is 2.42. The molecule has 24 heavy (non-hydrogen) atoms. The van der Waals surface area contributed by atoms with Crippen LogP contribution in [-0.4, -0.2) is 43.0 Å². The quantitative estimate of drug-likeness (QED) is 0.590. The molecule has 1 aromatic rings. The highest BCUT2D eigenvalue weighted by Crippen LogP contribution is 2.18. The van der Waals surface area contributed by atoms with Gasteiger partial charge in [-0.25, -0.2) is 0 Å². The molecule has 0 aliphatic rings. The molecule has 2 atom stereocenters. The molecule has 0 saturated heterocycles. The Labute approximate surface area is 141 Å². The Kier molecular flexibility index (Phi) is 8.89. The minimum Gasteiger partial charge on any atom is -0.481 e. The number of carboxylic acid groups (broad SMARTS) is 1. The van der Waals surface area contributed by atoms with Crippen molar-refractivity contribution >= 4 is 17.5 Å². The second-order valence-electron chi connectivity index (χ2n) is 5.70. The molecule has 2 unspecified atom stereocenters. The van der Waals surface area contributed by atoms with Gasteiger partial charge in [-0.3, -0.25) is 9.59 Å². The van der Waals surface area contributed by atoms with Gasteiger partial charge in [0.05, 0.1) is 0 Å². The monoisotopic (exact) mass is 336 g/mol. The highest BCUT2D eigenvalue weighted by molar-refractivity contribution is 5.85. The molecule has 0 heterocycles. The van der Waals surface area contributed by atoms with Gasteiger partial charge < -0.3 is 19.4 Å². The van der Waals surface area contributed by atoms with E-state index in [0.29, 0.717) is 6.42 Å². The van der Waals surface area contributed by atoms with Crippen LogP contribution >= 0.6 is 0 Å². The Bertz CT molecular complexity index is 524. The lowest BCUT2D eigenvalue weighted by Crippen LogP contribution is -2.21. The zero-order valence-corrected chi connectivity index (χ0v) is 14.1. The molecule has 1 aromatic carbocycles. The lowest BCUT2D eigenvalue weighted by molar-refractivity contribution is -0.139. The topological polar surface area (TPSA) is 89.9 Å². The van der Waals surface area contributed by atoms with Crippen LogP contribution in [0, 0.1) is 5.92 Å². The molecule has 1 N–H and O–H groups in total. The molecule has 0 bridgehead atoms. The lowest BCUT2D eigenvalue weighted by atomic mass is 9.96. The fourth-order valence-electron chi connectivity index (χ4n) is 2.51. The molecule has 6 heteroatoms. The maximum Gasteiger partial charge on any atom is 0.303 e. The van der Waals surface area contributed by atoms with Gasteiger partial charge in [0.1, 0.15) is 18.5 Å². The third-order valence-electron chi connectivity index (χ3n) is 3.58. The van der Waals surface area contributed by atoms with Crippen molar-refractivity contribution in [1.82, 2.24) is 0 Å². The van der Waals surface area contributed by atoms with E-state index in [1.165, 1.54) is 14.0 Å². The van der Waals surface area contributed by atoms with Crippen molar-refractivity contribution in [3.8, 4) is 0 Å². The van der Waals surface area contributed by atoms with Gasteiger partial charge in [-0.15, -0.1) is 0 Å². The molecule has 0 spiro atoms. The largest absolute Gasteiger partial charge is 0.481 e. The normalized spacial score (nSPS) is 13.2. The van der Waals surface area contributed by atoms with Gasteiger partial charge in [0, 0.05) is 26.6 Å². The average Bonchev–Trinajstić information content (AvgIpc) is 2.52. The van der Waals surface area contributed by atoms with E-state index in [9.17, 15) is 14.4 Å². The number of carboxylic acids is 1. The van der Waals surface area contributed by atoms with Crippen molar-refractivity contribution in [1.29, 1.82) is 0 Å². The summed E-state index contributed by atoms with van der Waals surface area (Å²) in [5.74, 6) is -1.48. The van der Waals surface area contributed by atoms with Crippen LogP contribution in [0.15, 0.2) is 30.3 Å². The van der Waals surface area contributed by atoms with Gasteiger partial charge >= 0.3 is 5.97 Å². The average molecular weight is 336 g/mol. The van der Waals surface area contributed by atoms with Crippen LogP contribution in [0.1, 0.15) is 37.9 Å². The van der Waals surface area contributed by atoms with Crippen molar-refractivity contribution < 1.29 is 29.0 Å². The summed E-state index contributed by atoms with van der Waals surface area (Å²) in [7, 11) is 1.46. The number of hydrogen-bond donors (Lipinski definition) is 1. The molecule has 0 aromatic heterocycles. The molecule has 0 radical (unpaired) electrons. The second-order valence-corrected chi connectivity index (χ2v) is 5.70. The smallest absolute Gasteiger partial charge is 0.303 e. The number of methoxy groups -OCH3 is 1. The number of ketones is 2. The van der Waals surface area contributed by atoms with E-state index < -0.39 is 12.1 Å². The van der Waals surface area contributed by atoms with Gasteiger partial charge in [-0.05, 0) is 24.8 Å². The number of aliphatic carboxylic acids is 1. The van der Waals surface area contributed by atoms with E-state index in [0.717, 1.165) is 5.56 Å². The highest BCUT2D eigenvalue weighted by atomic mass is 16.5. The van der Waals surface area contributed by atoms with E-state index in [4.69, 9.17) is 14.6 Å². The maximum atomic E-state index is 12.2. The third kappa shape index (κ3) is 7.48. The van der Waals surface area contributed by atoms with Crippen molar-refractivity contribution in [3.63, 3.8) is 0 Å². The molecular formula is C18H24O6. The van der Waals surface area contributed by atoms with Crippen LogP contribution in [0.25, 0.3) is 0 Å². The maximum absolute atomic E-state index is 12.2. The van der Waals surface area contributed by atoms with Crippen LogP contribution < -0.4 is 0 Å². The van der Waals surface area contributed by atoms with Crippen molar-refractivity contribution in [2.75, 3.05) is 20.3 Å². The summed E-state index contributed by atoms with van der Waals surface area (Å²) in [6.45, 7) is 1.54. The van der Waals surface area contributed by atoms with Gasteiger partial charge in [0.15, 0.2) is 5.78 Å². The number of carbonyl (C=O) groups is 3. The van der Waals surface area contributed by atoms with Crippen LogP contribution in [-0.2, 0) is 23.9 Å². The van der Waals surface area contributed by atoms with Crippen molar-refractivity contribution in [2.24, 2.45) is 5.92 Å². The predicted molar refractivity (Wildman–Crippen MR) is 87.7 cm³/mol. The second kappa shape index (κ2) is 10.7. The Morgan fingerprint density at radius 3 is 2.33 bits per heavy atom. The molecule has 6 nitrogen and oxygen atoms in total.